The number of hydrogen-bond acceptors (Lipinski definition) is 3. The molecule has 0 radical (unpaired) electrons. The second-order valence-electron chi connectivity index (χ2n) is 4.39. The van der Waals surface area contributed by atoms with Crippen molar-refractivity contribution in [2.24, 2.45) is 0 Å². The van der Waals surface area contributed by atoms with Crippen molar-refractivity contribution in [1.82, 2.24) is 5.48 Å². The third-order valence-electron chi connectivity index (χ3n) is 2.92. The summed E-state index contributed by atoms with van der Waals surface area (Å²) in [7, 11) is 1.62. The molecular formula is C16H19NO2. The van der Waals surface area contributed by atoms with E-state index < -0.39 is 0 Å². The Morgan fingerprint density at radius 1 is 1.00 bits per heavy atom. The van der Waals surface area contributed by atoms with Crippen molar-refractivity contribution in [2.75, 3.05) is 7.11 Å². The van der Waals surface area contributed by atoms with Gasteiger partial charge in [-0.15, -0.1) is 0 Å². The topological polar surface area (TPSA) is 30.5 Å². The zero-order valence-electron chi connectivity index (χ0n) is 11.3. The Morgan fingerprint density at radius 3 is 2.32 bits per heavy atom. The van der Waals surface area contributed by atoms with Crippen LogP contribution in [0.4, 0.5) is 0 Å². The van der Waals surface area contributed by atoms with E-state index in [1.165, 1.54) is 5.56 Å². The van der Waals surface area contributed by atoms with Crippen LogP contribution in [0.2, 0.25) is 0 Å². The van der Waals surface area contributed by atoms with Gasteiger partial charge in [0.1, 0.15) is 12.4 Å². The molecule has 1 atom stereocenters. The lowest BCUT2D eigenvalue weighted by molar-refractivity contribution is 0.0658. The standard InChI is InChI=1S/C16H19NO2/c1-13(17-18-2)15-8-10-16(11-9-15)19-12-14-6-4-3-5-7-14/h3-11,13,17H,12H2,1-2H3. The van der Waals surface area contributed by atoms with Crippen LogP contribution >= 0.6 is 0 Å². The van der Waals surface area contributed by atoms with Gasteiger partial charge in [-0.2, -0.15) is 5.48 Å². The fourth-order valence-corrected chi connectivity index (χ4v) is 1.84. The van der Waals surface area contributed by atoms with Gasteiger partial charge in [0.2, 0.25) is 0 Å². The van der Waals surface area contributed by atoms with E-state index in [-0.39, 0.29) is 6.04 Å². The van der Waals surface area contributed by atoms with E-state index in [1.807, 2.05) is 49.4 Å². The first-order valence-electron chi connectivity index (χ1n) is 6.35. The van der Waals surface area contributed by atoms with E-state index in [0.29, 0.717) is 6.61 Å². The first-order valence-corrected chi connectivity index (χ1v) is 6.35. The zero-order valence-corrected chi connectivity index (χ0v) is 11.3. The summed E-state index contributed by atoms with van der Waals surface area (Å²) in [6.07, 6.45) is 0. The van der Waals surface area contributed by atoms with E-state index in [4.69, 9.17) is 9.57 Å². The van der Waals surface area contributed by atoms with Crippen molar-refractivity contribution < 1.29 is 9.57 Å². The summed E-state index contributed by atoms with van der Waals surface area (Å²) in [6, 6.07) is 18.3. The summed E-state index contributed by atoms with van der Waals surface area (Å²) >= 11 is 0. The molecule has 0 amide bonds. The summed E-state index contributed by atoms with van der Waals surface area (Å²) in [6.45, 7) is 2.63. The van der Waals surface area contributed by atoms with Crippen molar-refractivity contribution in [1.29, 1.82) is 0 Å². The quantitative estimate of drug-likeness (QED) is 0.804. The van der Waals surface area contributed by atoms with E-state index >= 15 is 0 Å². The molecule has 0 bridgehead atoms. The van der Waals surface area contributed by atoms with Crippen LogP contribution in [0.15, 0.2) is 54.6 Å². The molecule has 0 saturated heterocycles. The number of hydrogen-bond donors (Lipinski definition) is 1. The van der Waals surface area contributed by atoms with Gasteiger partial charge in [0, 0.05) is 0 Å². The summed E-state index contributed by atoms with van der Waals surface area (Å²) in [5, 5.41) is 0. The minimum absolute atomic E-state index is 0.160. The number of rotatable bonds is 6. The molecule has 2 rings (SSSR count). The van der Waals surface area contributed by atoms with Crippen LogP contribution < -0.4 is 10.2 Å². The molecule has 0 aromatic heterocycles. The van der Waals surface area contributed by atoms with Gasteiger partial charge in [0.15, 0.2) is 0 Å². The predicted octanol–water partition coefficient (Wildman–Crippen LogP) is 3.48. The van der Waals surface area contributed by atoms with Crippen LogP contribution in [0.1, 0.15) is 24.1 Å². The molecule has 0 aliphatic carbocycles. The Bertz CT molecular complexity index is 482. The minimum Gasteiger partial charge on any atom is -0.489 e. The molecule has 1 unspecified atom stereocenters. The normalized spacial score (nSPS) is 12.1. The van der Waals surface area contributed by atoms with Crippen molar-refractivity contribution in [2.45, 2.75) is 19.6 Å². The third kappa shape index (κ3) is 4.09. The highest BCUT2D eigenvalue weighted by Crippen LogP contribution is 2.18. The monoisotopic (exact) mass is 257 g/mol. The molecule has 3 heteroatoms. The average Bonchev–Trinajstić information content (AvgIpc) is 2.47. The summed E-state index contributed by atoms with van der Waals surface area (Å²) in [4.78, 5) is 4.91. The number of nitrogens with one attached hydrogen (secondary N) is 1. The molecular weight excluding hydrogens is 238 g/mol. The van der Waals surface area contributed by atoms with E-state index in [1.54, 1.807) is 7.11 Å². The zero-order chi connectivity index (χ0) is 13.5. The Balaban J connectivity index is 1.92. The first-order chi connectivity index (χ1) is 9.29. The molecule has 3 nitrogen and oxygen atoms in total. The SMILES string of the molecule is CONC(C)c1ccc(OCc2ccccc2)cc1. The number of ether oxygens (including phenoxy) is 1. The van der Waals surface area contributed by atoms with Crippen LogP contribution in [-0.4, -0.2) is 7.11 Å². The van der Waals surface area contributed by atoms with Gasteiger partial charge in [0.25, 0.3) is 0 Å². The van der Waals surface area contributed by atoms with Crippen LogP contribution in [0.3, 0.4) is 0 Å². The molecule has 0 heterocycles. The predicted molar refractivity (Wildman–Crippen MR) is 75.8 cm³/mol. The Hall–Kier alpha value is -1.84. The highest BCUT2D eigenvalue weighted by Gasteiger charge is 2.04. The fourth-order valence-electron chi connectivity index (χ4n) is 1.84. The maximum atomic E-state index is 5.74. The van der Waals surface area contributed by atoms with E-state index in [9.17, 15) is 0 Å². The van der Waals surface area contributed by atoms with Crippen molar-refractivity contribution in [3.63, 3.8) is 0 Å². The van der Waals surface area contributed by atoms with Crippen molar-refractivity contribution >= 4 is 0 Å². The molecule has 0 aliphatic rings. The highest BCUT2D eigenvalue weighted by molar-refractivity contribution is 5.29. The minimum atomic E-state index is 0.160. The van der Waals surface area contributed by atoms with Crippen LogP contribution in [-0.2, 0) is 11.4 Å². The van der Waals surface area contributed by atoms with Gasteiger partial charge in [-0.25, -0.2) is 0 Å². The van der Waals surface area contributed by atoms with Gasteiger partial charge < -0.3 is 9.57 Å². The molecule has 0 spiro atoms. The lowest BCUT2D eigenvalue weighted by Crippen LogP contribution is -2.16. The number of hydroxylamine groups is 1. The molecule has 0 aliphatic heterocycles. The lowest BCUT2D eigenvalue weighted by atomic mass is 10.1. The van der Waals surface area contributed by atoms with Crippen LogP contribution in [0, 0.1) is 0 Å². The smallest absolute Gasteiger partial charge is 0.119 e. The van der Waals surface area contributed by atoms with Gasteiger partial charge in [0.05, 0.1) is 13.2 Å². The van der Waals surface area contributed by atoms with Gasteiger partial charge in [-0.3, -0.25) is 0 Å². The van der Waals surface area contributed by atoms with Crippen molar-refractivity contribution in [3.8, 4) is 5.75 Å². The fraction of sp³-hybridized carbons (Fsp3) is 0.250. The molecule has 1 N–H and O–H groups in total. The van der Waals surface area contributed by atoms with E-state index in [2.05, 4.69) is 17.6 Å². The molecule has 0 fully saturated rings. The Morgan fingerprint density at radius 2 is 1.68 bits per heavy atom. The first kappa shape index (κ1) is 13.6. The van der Waals surface area contributed by atoms with Crippen LogP contribution in [0.5, 0.6) is 5.75 Å². The summed E-state index contributed by atoms with van der Waals surface area (Å²) in [5.74, 6) is 0.872. The largest absolute Gasteiger partial charge is 0.489 e. The second kappa shape index (κ2) is 6.92. The second-order valence-corrected chi connectivity index (χ2v) is 4.39. The van der Waals surface area contributed by atoms with E-state index in [0.717, 1.165) is 11.3 Å². The van der Waals surface area contributed by atoms with Gasteiger partial charge in [-0.05, 0) is 30.2 Å². The lowest BCUT2D eigenvalue weighted by Gasteiger charge is -2.13. The summed E-state index contributed by atoms with van der Waals surface area (Å²) < 4.78 is 5.74. The molecule has 2 aromatic carbocycles. The molecule has 100 valence electrons. The van der Waals surface area contributed by atoms with Gasteiger partial charge >= 0.3 is 0 Å². The molecule has 0 saturated carbocycles. The highest BCUT2D eigenvalue weighted by atomic mass is 16.6. The summed E-state index contributed by atoms with van der Waals surface area (Å²) in [5.41, 5.74) is 5.23. The average molecular weight is 257 g/mol. The van der Waals surface area contributed by atoms with Crippen molar-refractivity contribution in [3.05, 3.63) is 65.7 Å². The van der Waals surface area contributed by atoms with Crippen LogP contribution in [0.25, 0.3) is 0 Å². The number of benzene rings is 2. The third-order valence-corrected chi connectivity index (χ3v) is 2.92. The Kier molecular flexibility index (Phi) is 4.95. The molecule has 2 aromatic rings. The van der Waals surface area contributed by atoms with Gasteiger partial charge in [-0.1, -0.05) is 42.5 Å². The maximum Gasteiger partial charge on any atom is 0.119 e. The molecule has 19 heavy (non-hydrogen) atoms. The Labute approximate surface area is 114 Å². The maximum absolute atomic E-state index is 5.74.